The van der Waals surface area contributed by atoms with Crippen LogP contribution in [-0.4, -0.2) is 16.5 Å². The maximum absolute atomic E-state index is 4.33. The first-order valence-electron chi connectivity index (χ1n) is 5.62. The van der Waals surface area contributed by atoms with E-state index < -0.39 is 0 Å². The van der Waals surface area contributed by atoms with Crippen LogP contribution in [0.25, 0.3) is 0 Å². The first-order chi connectivity index (χ1) is 6.88. The van der Waals surface area contributed by atoms with Crippen molar-refractivity contribution in [2.45, 2.75) is 39.2 Å². The van der Waals surface area contributed by atoms with Crippen molar-refractivity contribution in [1.82, 2.24) is 15.3 Å². The average molecular weight is 193 g/mol. The topological polar surface area (TPSA) is 40.7 Å². The Hall–Kier alpha value is -0.830. The summed E-state index contributed by atoms with van der Waals surface area (Å²) in [5.74, 6) is 2.02. The van der Waals surface area contributed by atoms with Crippen molar-refractivity contribution in [2.24, 2.45) is 5.92 Å². The van der Waals surface area contributed by atoms with Crippen molar-refractivity contribution in [3.05, 3.63) is 17.7 Å². The second kappa shape index (κ2) is 4.60. The number of nitrogens with zero attached hydrogens (tertiary/aromatic N) is 1. The van der Waals surface area contributed by atoms with Gasteiger partial charge in [-0.2, -0.15) is 0 Å². The Morgan fingerprint density at radius 1 is 1.57 bits per heavy atom. The summed E-state index contributed by atoms with van der Waals surface area (Å²) in [6, 6.07) is 0. The largest absolute Gasteiger partial charge is 0.345 e. The number of aryl methyl sites for hydroxylation is 1. The van der Waals surface area contributed by atoms with Gasteiger partial charge in [0, 0.05) is 11.9 Å². The molecule has 0 atom stereocenters. The Morgan fingerprint density at radius 3 is 3.14 bits per heavy atom. The van der Waals surface area contributed by atoms with Gasteiger partial charge in [0.1, 0.15) is 5.82 Å². The van der Waals surface area contributed by atoms with E-state index in [9.17, 15) is 0 Å². The Kier molecular flexibility index (Phi) is 3.19. The van der Waals surface area contributed by atoms with Crippen LogP contribution in [0.3, 0.4) is 0 Å². The van der Waals surface area contributed by atoms with Crippen molar-refractivity contribution in [2.75, 3.05) is 6.54 Å². The summed E-state index contributed by atoms with van der Waals surface area (Å²) >= 11 is 0. The van der Waals surface area contributed by atoms with Gasteiger partial charge < -0.3 is 10.3 Å². The first kappa shape index (κ1) is 9.71. The van der Waals surface area contributed by atoms with Crippen LogP contribution in [-0.2, 0) is 13.0 Å². The Balaban J connectivity index is 1.71. The summed E-state index contributed by atoms with van der Waals surface area (Å²) in [4.78, 5) is 7.67. The van der Waals surface area contributed by atoms with Gasteiger partial charge in [0.25, 0.3) is 0 Å². The van der Waals surface area contributed by atoms with E-state index in [0.29, 0.717) is 0 Å². The van der Waals surface area contributed by atoms with Crippen LogP contribution in [0.2, 0.25) is 0 Å². The van der Waals surface area contributed by atoms with Crippen LogP contribution in [0, 0.1) is 5.92 Å². The van der Waals surface area contributed by atoms with Crippen LogP contribution in [0.15, 0.2) is 6.20 Å². The zero-order chi connectivity index (χ0) is 9.80. The lowest BCUT2D eigenvalue weighted by Crippen LogP contribution is -2.16. The Labute approximate surface area is 85.3 Å². The fourth-order valence-electron chi connectivity index (χ4n) is 1.61. The number of hydrogen-bond acceptors (Lipinski definition) is 2. The molecule has 1 heterocycles. The molecule has 0 amide bonds. The normalized spacial score (nSPS) is 16.1. The number of aromatic amines is 1. The second-order valence-electron chi connectivity index (χ2n) is 4.18. The van der Waals surface area contributed by atoms with E-state index in [1.165, 1.54) is 25.0 Å². The first-order valence-corrected chi connectivity index (χ1v) is 5.62. The molecular weight excluding hydrogens is 174 g/mol. The van der Waals surface area contributed by atoms with Crippen LogP contribution in [0.1, 0.15) is 37.7 Å². The highest BCUT2D eigenvalue weighted by molar-refractivity contribution is 5.01. The molecule has 0 saturated heterocycles. The summed E-state index contributed by atoms with van der Waals surface area (Å²) in [7, 11) is 0. The lowest BCUT2D eigenvalue weighted by molar-refractivity contribution is 0.622. The summed E-state index contributed by atoms with van der Waals surface area (Å²) in [5.41, 5.74) is 1.26. The summed E-state index contributed by atoms with van der Waals surface area (Å²) in [5, 5.41) is 3.43. The van der Waals surface area contributed by atoms with Crippen molar-refractivity contribution >= 4 is 0 Å². The molecule has 14 heavy (non-hydrogen) atoms. The molecule has 1 aromatic heterocycles. The second-order valence-corrected chi connectivity index (χ2v) is 4.18. The summed E-state index contributed by atoms with van der Waals surface area (Å²) < 4.78 is 0. The molecule has 0 aliphatic heterocycles. The van der Waals surface area contributed by atoms with E-state index >= 15 is 0 Å². The molecule has 0 unspecified atom stereocenters. The zero-order valence-corrected chi connectivity index (χ0v) is 8.84. The molecule has 0 aromatic carbocycles. The molecule has 1 saturated carbocycles. The van der Waals surface area contributed by atoms with Gasteiger partial charge >= 0.3 is 0 Å². The number of imidazole rings is 1. The molecule has 0 spiro atoms. The quantitative estimate of drug-likeness (QED) is 0.724. The van der Waals surface area contributed by atoms with E-state index in [2.05, 4.69) is 22.2 Å². The fraction of sp³-hybridized carbons (Fsp3) is 0.727. The maximum Gasteiger partial charge on any atom is 0.120 e. The van der Waals surface area contributed by atoms with Gasteiger partial charge in [-0.05, 0) is 31.7 Å². The molecule has 1 aliphatic rings. The number of hydrogen-bond donors (Lipinski definition) is 2. The van der Waals surface area contributed by atoms with Crippen molar-refractivity contribution in [1.29, 1.82) is 0 Å². The molecular formula is C11H19N3. The van der Waals surface area contributed by atoms with Gasteiger partial charge in [0.2, 0.25) is 0 Å². The van der Waals surface area contributed by atoms with Crippen molar-refractivity contribution in [3.8, 4) is 0 Å². The third kappa shape index (κ3) is 2.84. The lowest BCUT2D eigenvalue weighted by Gasteiger charge is -1.99. The third-order valence-corrected chi connectivity index (χ3v) is 2.62. The monoisotopic (exact) mass is 193 g/mol. The molecule has 0 radical (unpaired) electrons. The smallest absolute Gasteiger partial charge is 0.120 e. The number of aromatic nitrogens is 2. The molecule has 2 rings (SSSR count). The van der Waals surface area contributed by atoms with Gasteiger partial charge in [-0.25, -0.2) is 4.98 Å². The Morgan fingerprint density at radius 2 is 2.43 bits per heavy atom. The van der Waals surface area contributed by atoms with Crippen LogP contribution in [0.4, 0.5) is 0 Å². The predicted octanol–water partition coefficient (Wildman–Crippen LogP) is 1.86. The minimum atomic E-state index is 0.889. The molecule has 1 aromatic rings. The lowest BCUT2D eigenvalue weighted by atomic mass is 10.3. The molecule has 3 heteroatoms. The van der Waals surface area contributed by atoms with Gasteiger partial charge in [-0.1, -0.05) is 13.3 Å². The van der Waals surface area contributed by atoms with E-state index in [0.717, 1.165) is 31.3 Å². The molecule has 78 valence electrons. The van der Waals surface area contributed by atoms with E-state index in [1.54, 1.807) is 0 Å². The molecule has 3 nitrogen and oxygen atoms in total. The van der Waals surface area contributed by atoms with Crippen LogP contribution in [0.5, 0.6) is 0 Å². The molecule has 1 fully saturated rings. The SMILES string of the molecule is CCCc1cnc(CNCC2CC2)[nH]1. The maximum atomic E-state index is 4.33. The van der Waals surface area contributed by atoms with Crippen molar-refractivity contribution in [3.63, 3.8) is 0 Å². The number of nitrogens with one attached hydrogen (secondary N) is 2. The number of H-pyrrole nitrogens is 1. The summed E-state index contributed by atoms with van der Waals surface area (Å²) in [6.45, 7) is 4.23. The molecule has 0 bridgehead atoms. The Bertz CT molecular complexity index is 276. The standard InChI is InChI=1S/C11H19N3/c1-2-3-10-7-13-11(14-10)8-12-6-9-4-5-9/h7,9,12H,2-6,8H2,1H3,(H,13,14). The van der Waals surface area contributed by atoms with Gasteiger partial charge in [-0.3, -0.25) is 0 Å². The van der Waals surface area contributed by atoms with Crippen LogP contribution < -0.4 is 5.32 Å². The minimum Gasteiger partial charge on any atom is -0.345 e. The van der Waals surface area contributed by atoms with Gasteiger partial charge in [0.05, 0.1) is 6.54 Å². The third-order valence-electron chi connectivity index (χ3n) is 2.62. The van der Waals surface area contributed by atoms with Crippen LogP contribution >= 0.6 is 0 Å². The van der Waals surface area contributed by atoms with E-state index in [4.69, 9.17) is 0 Å². The summed E-state index contributed by atoms with van der Waals surface area (Å²) in [6.07, 6.45) is 7.06. The average Bonchev–Trinajstić information content (AvgIpc) is 2.88. The van der Waals surface area contributed by atoms with E-state index in [-0.39, 0.29) is 0 Å². The zero-order valence-electron chi connectivity index (χ0n) is 8.84. The van der Waals surface area contributed by atoms with Crippen molar-refractivity contribution < 1.29 is 0 Å². The van der Waals surface area contributed by atoms with Gasteiger partial charge in [-0.15, -0.1) is 0 Å². The molecule has 1 aliphatic carbocycles. The highest BCUT2D eigenvalue weighted by Crippen LogP contribution is 2.27. The van der Waals surface area contributed by atoms with Gasteiger partial charge in [0.15, 0.2) is 0 Å². The molecule has 2 N–H and O–H groups in total. The number of rotatable bonds is 6. The van der Waals surface area contributed by atoms with E-state index in [1.807, 2.05) is 6.20 Å². The fourth-order valence-corrected chi connectivity index (χ4v) is 1.61. The predicted molar refractivity (Wildman–Crippen MR) is 57.0 cm³/mol. The highest BCUT2D eigenvalue weighted by Gasteiger charge is 2.20. The minimum absolute atomic E-state index is 0.889. The highest BCUT2D eigenvalue weighted by atomic mass is 15.0.